The van der Waals surface area contributed by atoms with Gasteiger partial charge in [0.05, 0.1) is 12.2 Å². The molecule has 1 N–H and O–H groups in total. The lowest BCUT2D eigenvalue weighted by atomic mass is 9.89. The Morgan fingerprint density at radius 3 is 2.90 bits per heavy atom. The van der Waals surface area contributed by atoms with E-state index in [2.05, 4.69) is 5.32 Å². The first-order valence-corrected chi connectivity index (χ1v) is 8.07. The van der Waals surface area contributed by atoms with E-state index in [1.807, 2.05) is 12.1 Å². The number of halogens is 2. The van der Waals surface area contributed by atoms with Crippen molar-refractivity contribution in [2.45, 2.75) is 41.6 Å². The molecule has 2 aliphatic heterocycles. The molecule has 0 aromatic heterocycles. The van der Waals surface area contributed by atoms with Crippen LogP contribution in [0.5, 0.6) is 0 Å². The van der Waals surface area contributed by atoms with E-state index in [1.54, 1.807) is 12.1 Å². The Morgan fingerprint density at radius 2 is 2.14 bits per heavy atom. The zero-order valence-corrected chi connectivity index (χ0v) is 12.5. The van der Waals surface area contributed by atoms with Crippen LogP contribution >= 0.6 is 11.8 Å². The highest BCUT2D eigenvalue weighted by Gasteiger charge is 2.41. The van der Waals surface area contributed by atoms with Gasteiger partial charge in [0.2, 0.25) is 0 Å². The van der Waals surface area contributed by atoms with Gasteiger partial charge in [-0.15, -0.1) is 0 Å². The fourth-order valence-electron chi connectivity index (χ4n) is 3.02. The SMILES string of the molecule is FC(F)Sc1ccccc1NC1CCOC2(CCOC2)C1. The van der Waals surface area contributed by atoms with E-state index in [1.165, 1.54) is 0 Å². The molecule has 3 nitrogen and oxygen atoms in total. The molecule has 1 aromatic carbocycles. The first-order valence-electron chi connectivity index (χ1n) is 7.19. The highest BCUT2D eigenvalue weighted by atomic mass is 32.2. The molecular weight excluding hydrogens is 296 g/mol. The van der Waals surface area contributed by atoms with Crippen LogP contribution in [0, 0.1) is 0 Å². The van der Waals surface area contributed by atoms with E-state index in [0.29, 0.717) is 29.9 Å². The van der Waals surface area contributed by atoms with Crippen LogP contribution in [0.2, 0.25) is 0 Å². The van der Waals surface area contributed by atoms with Crippen LogP contribution in [0.25, 0.3) is 0 Å². The predicted molar refractivity (Wildman–Crippen MR) is 79.1 cm³/mol. The van der Waals surface area contributed by atoms with Gasteiger partial charge in [-0.25, -0.2) is 0 Å². The average Bonchev–Trinajstić information content (AvgIpc) is 2.88. The standard InChI is InChI=1S/C15H19F2NO2S/c16-14(17)21-13-4-2-1-3-12(13)18-11-5-7-20-15(9-11)6-8-19-10-15/h1-4,11,14,18H,5-10H2. The first-order chi connectivity index (χ1) is 10.2. The van der Waals surface area contributed by atoms with Crippen molar-refractivity contribution in [2.75, 3.05) is 25.1 Å². The molecule has 21 heavy (non-hydrogen) atoms. The van der Waals surface area contributed by atoms with Crippen LogP contribution in [-0.2, 0) is 9.47 Å². The van der Waals surface area contributed by atoms with E-state index in [-0.39, 0.29) is 11.6 Å². The van der Waals surface area contributed by atoms with Crippen LogP contribution in [0.1, 0.15) is 19.3 Å². The second-order valence-corrected chi connectivity index (χ2v) is 6.57. The minimum absolute atomic E-state index is 0.180. The molecule has 116 valence electrons. The van der Waals surface area contributed by atoms with Crippen molar-refractivity contribution < 1.29 is 18.3 Å². The number of alkyl halides is 2. The fraction of sp³-hybridized carbons (Fsp3) is 0.600. The summed E-state index contributed by atoms with van der Waals surface area (Å²) in [7, 11) is 0. The van der Waals surface area contributed by atoms with E-state index in [4.69, 9.17) is 9.47 Å². The number of para-hydroxylation sites is 1. The molecule has 2 saturated heterocycles. The third kappa shape index (κ3) is 3.67. The Kier molecular flexibility index (Phi) is 4.66. The largest absolute Gasteiger partial charge is 0.381 e. The van der Waals surface area contributed by atoms with Crippen molar-refractivity contribution in [3.8, 4) is 0 Å². The Labute approximate surface area is 127 Å². The van der Waals surface area contributed by atoms with Crippen molar-refractivity contribution in [2.24, 2.45) is 0 Å². The van der Waals surface area contributed by atoms with Gasteiger partial charge in [-0.1, -0.05) is 23.9 Å². The third-order valence-electron chi connectivity index (χ3n) is 4.02. The van der Waals surface area contributed by atoms with E-state index < -0.39 is 5.76 Å². The molecule has 2 fully saturated rings. The normalized spacial score (nSPS) is 29.2. The van der Waals surface area contributed by atoms with Gasteiger partial charge >= 0.3 is 0 Å². The Hall–Kier alpha value is -0.850. The van der Waals surface area contributed by atoms with Crippen molar-refractivity contribution in [3.63, 3.8) is 0 Å². The number of thioether (sulfide) groups is 1. The third-order valence-corrected chi connectivity index (χ3v) is 4.81. The number of nitrogens with one attached hydrogen (secondary N) is 1. The summed E-state index contributed by atoms with van der Waals surface area (Å²) < 4.78 is 36.6. The highest BCUT2D eigenvalue weighted by molar-refractivity contribution is 7.99. The summed E-state index contributed by atoms with van der Waals surface area (Å²) in [5.74, 6) is -2.41. The van der Waals surface area contributed by atoms with E-state index in [9.17, 15) is 8.78 Å². The Balaban J connectivity index is 1.68. The van der Waals surface area contributed by atoms with Crippen LogP contribution in [0.3, 0.4) is 0 Å². The second-order valence-electron chi connectivity index (χ2n) is 5.54. The molecule has 1 spiro atoms. The molecular formula is C15H19F2NO2S. The molecule has 2 atom stereocenters. The molecule has 6 heteroatoms. The van der Waals surface area contributed by atoms with E-state index in [0.717, 1.165) is 31.6 Å². The molecule has 2 heterocycles. The number of hydrogen-bond donors (Lipinski definition) is 1. The molecule has 0 saturated carbocycles. The summed E-state index contributed by atoms with van der Waals surface area (Å²) >= 11 is 0.586. The van der Waals surface area contributed by atoms with Crippen molar-refractivity contribution in [3.05, 3.63) is 24.3 Å². The first kappa shape index (κ1) is 15.1. The molecule has 3 rings (SSSR count). The molecule has 0 aliphatic carbocycles. The highest BCUT2D eigenvalue weighted by Crippen LogP contribution is 2.36. The van der Waals surface area contributed by atoms with Crippen LogP contribution in [0.15, 0.2) is 29.2 Å². The van der Waals surface area contributed by atoms with Crippen molar-refractivity contribution in [1.82, 2.24) is 0 Å². The van der Waals surface area contributed by atoms with Gasteiger partial charge in [0.1, 0.15) is 0 Å². The zero-order chi connectivity index (χ0) is 14.7. The number of benzene rings is 1. The topological polar surface area (TPSA) is 30.5 Å². The van der Waals surface area contributed by atoms with Gasteiger partial charge in [-0.3, -0.25) is 0 Å². The summed E-state index contributed by atoms with van der Waals surface area (Å²) in [5, 5.41) is 3.42. The molecule has 0 amide bonds. The summed E-state index contributed by atoms with van der Waals surface area (Å²) in [6, 6.07) is 7.47. The maximum atomic E-state index is 12.6. The summed E-state index contributed by atoms with van der Waals surface area (Å²) in [5.41, 5.74) is 0.601. The van der Waals surface area contributed by atoms with Crippen LogP contribution < -0.4 is 5.32 Å². The summed E-state index contributed by atoms with van der Waals surface area (Å²) in [6.07, 6.45) is 2.66. The lowest BCUT2D eigenvalue weighted by molar-refractivity contribution is -0.0828. The smallest absolute Gasteiger partial charge is 0.288 e. The lowest BCUT2D eigenvalue weighted by Gasteiger charge is -2.38. The average molecular weight is 315 g/mol. The Morgan fingerprint density at radius 1 is 1.29 bits per heavy atom. The summed E-state index contributed by atoms with van der Waals surface area (Å²) in [6.45, 7) is 2.06. The maximum absolute atomic E-state index is 12.6. The van der Waals surface area contributed by atoms with Crippen LogP contribution in [0.4, 0.5) is 14.5 Å². The van der Waals surface area contributed by atoms with Gasteiger partial charge in [0.25, 0.3) is 5.76 Å². The number of hydrogen-bond acceptors (Lipinski definition) is 4. The van der Waals surface area contributed by atoms with Gasteiger partial charge in [0.15, 0.2) is 0 Å². The quantitative estimate of drug-likeness (QED) is 0.857. The molecule has 0 bridgehead atoms. The van der Waals surface area contributed by atoms with Gasteiger partial charge in [-0.05, 0) is 25.0 Å². The molecule has 2 aliphatic rings. The van der Waals surface area contributed by atoms with Crippen molar-refractivity contribution in [1.29, 1.82) is 0 Å². The Bertz CT molecular complexity index is 480. The van der Waals surface area contributed by atoms with Crippen LogP contribution in [-0.4, -0.2) is 37.2 Å². The molecule has 1 aromatic rings. The number of ether oxygens (including phenoxy) is 2. The minimum Gasteiger partial charge on any atom is -0.381 e. The van der Waals surface area contributed by atoms with Gasteiger partial charge < -0.3 is 14.8 Å². The molecule has 2 unspecified atom stereocenters. The second kappa shape index (κ2) is 6.50. The van der Waals surface area contributed by atoms with Gasteiger partial charge in [-0.2, -0.15) is 8.78 Å². The van der Waals surface area contributed by atoms with Crippen molar-refractivity contribution >= 4 is 17.4 Å². The zero-order valence-electron chi connectivity index (χ0n) is 11.7. The monoisotopic (exact) mass is 315 g/mol. The minimum atomic E-state index is -2.41. The molecule has 0 radical (unpaired) electrons. The predicted octanol–water partition coefficient (Wildman–Crippen LogP) is 3.75. The number of rotatable bonds is 4. The maximum Gasteiger partial charge on any atom is 0.288 e. The lowest BCUT2D eigenvalue weighted by Crippen LogP contribution is -2.45. The number of anilines is 1. The van der Waals surface area contributed by atoms with E-state index >= 15 is 0 Å². The fourth-order valence-corrected chi connectivity index (χ4v) is 3.62. The summed E-state index contributed by atoms with van der Waals surface area (Å²) in [4.78, 5) is 0.593. The van der Waals surface area contributed by atoms with Gasteiger partial charge in [0, 0.05) is 36.3 Å².